The van der Waals surface area contributed by atoms with Crippen LogP contribution in [0.3, 0.4) is 0 Å². The van der Waals surface area contributed by atoms with Gasteiger partial charge in [0.05, 0.1) is 10.7 Å². The molecule has 0 aliphatic heterocycles. The summed E-state index contributed by atoms with van der Waals surface area (Å²) in [6.07, 6.45) is 4.47. The molecule has 0 unspecified atom stereocenters. The van der Waals surface area contributed by atoms with Crippen molar-refractivity contribution in [1.29, 1.82) is 0 Å². The summed E-state index contributed by atoms with van der Waals surface area (Å²) in [5, 5.41) is 13.2. The first kappa shape index (κ1) is 13.6. The van der Waals surface area contributed by atoms with Crippen molar-refractivity contribution in [2.75, 3.05) is 13.2 Å². The van der Waals surface area contributed by atoms with Crippen LogP contribution in [0.1, 0.15) is 41.3 Å². The van der Waals surface area contributed by atoms with Crippen molar-refractivity contribution in [2.45, 2.75) is 46.1 Å². The summed E-state index contributed by atoms with van der Waals surface area (Å²) in [7, 11) is 0. The lowest BCUT2D eigenvalue weighted by atomic mass is 10.2. The molecule has 1 aromatic rings. The summed E-state index contributed by atoms with van der Waals surface area (Å²) < 4.78 is 0. The van der Waals surface area contributed by atoms with Gasteiger partial charge in [-0.15, -0.1) is 11.3 Å². The van der Waals surface area contributed by atoms with Crippen molar-refractivity contribution in [3.8, 4) is 0 Å². The SMILES string of the molecule is Cc1nc(C)c(CNCCCCCCO)s1. The molecule has 0 aromatic carbocycles. The van der Waals surface area contributed by atoms with Crippen LogP contribution in [0.4, 0.5) is 0 Å². The van der Waals surface area contributed by atoms with Crippen molar-refractivity contribution in [2.24, 2.45) is 0 Å². The Labute approximate surface area is 102 Å². The quantitative estimate of drug-likeness (QED) is 0.688. The molecule has 0 atom stereocenters. The van der Waals surface area contributed by atoms with Crippen molar-refractivity contribution < 1.29 is 5.11 Å². The molecule has 0 fully saturated rings. The third kappa shape index (κ3) is 5.05. The minimum atomic E-state index is 0.326. The normalized spacial score (nSPS) is 10.9. The summed E-state index contributed by atoms with van der Waals surface area (Å²) in [6, 6.07) is 0. The monoisotopic (exact) mass is 242 g/mol. The molecule has 0 spiro atoms. The highest BCUT2D eigenvalue weighted by Gasteiger charge is 2.03. The molecule has 0 aliphatic rings. The summed E-state index contributed by atoms with van der Waals surface area (Å²) in [6.45, 7) is 6.45. The standard InChI is InChI=1S/C12H22N2OS/c1-10-12(16-11(2)14-10)9-13-7-5-3-4-6-8-15/h13,15H,3-9H2,1-2H3. The molecule has 0 radical (unpaired) electrons. The van der Waals surface area contributed by atoms with Gasteiger partial charge in [-0.25, -0.2) is 4.98 Å². The summed E-state index contributed by atoms with van der Waals surface area (Å²) in [5.74, 6) is 0. The first-order valence-electron chi connectivity index (χ1n) is 5.98. The van der Waals surface area contributed by atoms with Crippen LogP contribution in [0.2, 0.25) is 0 Å². The molecule has 0 saturated carbocycles. The van der Waals surface area contributed by atoms with Gasteiger partial charge >= 0.3 is 0 Å². The highest BCUT2D eigenvalue weighted by atomic mass is 32.1. The molecule has 1 rings (SSSR count). The number of nitrogens with one attached hydrogen (secondary N) is 1. The third-order valence-corrected chi connectivity index (χ3v) is 3.62. The third-order valence-electron chi connectivity index (χ3n) is 2.55. The Bertz CT molecular complexity index is 299. The molecule has 1 aromatic heterocycles. The van der Waals surface area contributed by atoms with Gasteiger partial charge in [0.1, 0.15) is 0 Å². The number of aryl methyl sites for hydroxylation is 2. The second kappa shape index (κ2) is 7.76. The van der Waals surface area contributed by atoms with E-state index in [4.69, 9.17) is 5.11 Å². The van der Waals surface area contributed by atoms with Crippen molar-refractivity contribution in [1.82, 2.24) is 10.3 Å². The molecular weight excluding hydrogens is 220 g/mol. The number of nitrogens with zero attached hydrogens (tertiary/aromatic N) is 1. The van der Waals surface area contributed by atoms with Crippen LogP contribution < -0.4 is 5.32 Å². The van der Waals surface area contributed by atoms with Gasteiger partial charge in [0.2, 0.25) is 0 Å². The number of aromatic nitrogens is 1. The van der Waals surface area contributed by atoms with Crippen LogP contribution in [0.25, 0.3) is 0 Å². The molecule has 4 heteroatoms. The Morgan fingerprint density at radius 3 is 2.56 bits per heavy atom. The first-order valence-corrected chi connectivity index (χ1v) is 6.80. The Hall–Kier alpha value is -0.450. The van der Waals surface area contributed by atoms with Gasteiger partial charge in [0.25, 0.3) is 0 Å². The maximum absolute atomic E-state index is 8.63. The van der Waals surface area contributed by atoms with E-state index >= 15 is 0 Å². The van der Waals surface area contributed by atoms with Crippen LogP contribution in [-0.2, 0) is 6.54 Å². The maximum Gasteiger partial charge on any atom is 0.0900 e. The Morgan fingerprint density at radius 1 is 1.19 bits per heavy atom. The zero-order valence-corrected chi connectivity index (χ0v) is 11.1. The number of thiazole rings is 1. The molecule has 0 bridgehead atoms. The Balaban J connectivity index is 2.05. The van der Waals surface area contributed by atoms with Crippen molar-refractivity contribution in [3.05, 3.63) is 15.6 Å². The molecule has 3 nitrogen and oxygen atoms in total. The van der Waals surface area contributed by atoms with Crippen molar-refractivity contribution in [3.63, 3.8) is 0 Å². The lowest BCUT2D eigenvalue weighted by Gasteiger charge is -2.03. The maximum atomic E-state index is 8.63. The smallest absolute Gasteiger partial charge is 0.0900 e. The number of hydrogen-bond acceptors (Lipinski definition) is 4. The highest BCUT2D eigenvalue weighted by Crippen LogP contribution is 2.16. The largest absolute Gasteiger partial charge is 0.396 e. The second-order valence-electron chi connectivity index (χ2n) is 4.06. The minimum Gasteiger partial charge on any atom is -0.396 e. The van der Waals surface area contributed by atoms with Crippen LogP contribution in [0.5, 0.6) is 0 Å². The lowest BCUT2D eigenvalue weighted by molar-refractivity contribution is 0.282. The number of aliphatic hydroxyl groups excluding tert-OH is 1. The summed E-state index contributed by atoms with van der Waals surface area (Å²) in [4.78, 5) is 5.76. The molecule has 0 amide bonds. The summed E-state index contributed by atoms with van der Waals surface area (Å²) in [5.41, 5.74) is 1.16. The van der Waals surface area contributed by atoms with Crippen LogP contribution in [0.15, 0.2) is 0 Å². The van der Waals surface area contributed by atoms with Gasteiger partial charge < -0.3 is 10.4 Å². The van der Waals surface area contributed by atoms with E-state index in [0.717, 1.165) is 36.6 Å². The number of rotatable bonds is 8. The predicted molar refractivity (Wildman–Crippen MR) is 68.8 cm³/mol. The van der Waals surface area contributed by atoms with Gasteiger partial charge in [-0.3, -0.25) is 0 Å². The summed E-state index contributed by atoms with van der Waals surface area (Å²) >= 11 is 1.78. The molecule has 1 heterocycles. The van der Waals surface area contributed by atoms with Gasteiger partial charge in [-0.05, 0) is 33.2 Å². The molecule has 0 aliphatic carbocycles. The molecule has 92 valence electrons. The van der Waals surface area contributed by atoms with Gasteiger partial charge in [-0.2, -0.15) is 0 Å². The zero-order valence-electron chi connectivity index (χ0n) is 10.3. The minimum absolute atomic E-state index is 0.326. The number of aliphatic hydroxyl groups is 1. The Morgan fingerprint density at radius 2 is 1.94 bits per heavy atom. The van der Waals surface area contributed by atoms with Crippen LogP contribution >= 0.6 is 11.3 Å². The van der Waals surface area contributed by atoms with E-state index < -0.39 is 0 Å². The Kier molecular flexibility index (Phi) is 6.61. The molecule has 0 saturated heterocycles. The van der Waals surface area contributed by atoms with E-state index in [9.17, 15) is 0 Å². The van der Waals surface area contributed by atoms with Gasteiger partial charge in [-0.1, -0.05) is 12.8 Å². The van der Waals surface area contributed by atoms with Gasteiger partial charge in [0.15, 0.2) is 0 Å². The average Bonchev–Trinajstić information content (AvgIpc) is 2.56. The lowest BCUT2D eigenvalue weighted by Crippen LogP contribution is -2.14. The topological polar surface area (TPSA) is 45.2 Å². The van der Waals surface area contributed by atoms with E-state index in [-0.39, 0.29) is 0 Å². The first-order chi connectivity index (χ1) is 7.74. The predicted octanol–water partition coefficient (Wildman–Crippen LogP) is 2.40. The molecule has 2 N–H and O–H groups in total. The fraction of sp³-hybridized carbons (Fsp3) is 0.750. The van der Waals surface area contributed by atoms with E-state index in [1.54, 1.807) is 11.3 Å². The number of hydrogen-bond donors (Lipinski definition) is 2. The highest BCUT2D eigenvalue weighted by molar-refractivity contribution is 7.11. The van der Waals surface area contributed by atoms with Crippen LogP contribution in [-0.4, -0.2) is 23.2 Å². The van der Waals surface area contributed by atoms with E-state index in [1.807, 2.05) is 0 Å². The van der Waals surface area contributed by atoms with E-state index in [1.165, 1.54) is 17.7 Å². The number of unbranched alkanes of at least 4 members (excludes halogenated alkanes) is 3. The fourth-order valence-corrected chi connectivity index (χ4v) is 2.56. The van der Waals surface area contributed by atoms with Crippen LogP contribution in [0, 0.1) is 13.8 Å². The fourth-order valence-electron chi connectivity index (χ4n) is 1.65. The molecular formula is C12H22N2OS. The van der Waals surface area contributed by atoms with E-state index in [0.29, 0.717) is 6.61 Å². The second-order valence-corrected chi connectivity index (χ2v) is 5.34. The van der Waals surface area contributed by atoms with Crippen molar-refractivity contribution >= 4 is 11.3 Å². The molecule has 16 heavy (non-hydrogen) atoms. The van der Waals surface area contributed by atoms with Gasteiger partial charge in [0, 0.05) is 18.0 Å². The van der Waals surface area contributed by atoms with E-state index in [2.05, 4.69) is 24.1 Å². The average molecular weight is 242 g/mol. The zero-order chi connectivity index (χ0) is 11.8.